The summed E-state index contributed by atoms with van der Waals surface area (Å²) in [4.78, 5) is 0. The Morgan fingerprint density at radius 1 is 1.20 bits per heavy atom. The van der Waals surface area contributed by atoms with Gasteiger partial charge >= 0.3 is 5.97 Å². The van der Waals surface area contributed by atoms with Crippen LogP contribution in [0.25, 0.3) is 0 Å². The lowest BCUT2D eigenvalue weighted by molar-refractivity contribution is -0.319. The van der Waals surface area contributed by atoms with Crippen molar-refractivity contribution in [1.82, 2.24) is 0 Å². The van der Waals surface area contributed by atoms with E-state index in [-0.39, 0.29) is 6.42 Å². The van der Waals surface area contributed by atoms with Gasteiger partial charge in [0.05, 0.1) is 0 Å². The zero-order chi connectivity index (χ0) is 8.41. The summed E-state index contributed by atoms with van der Waals surface area (Å²) in [5.74, 6) is -3.02. The first-order chi connectivity index (χ1) is 4.31. The topological polar surface area (TPSA) is 60.7 Å². The average molecular weight is 189 g/mol. The van der Waals surface area contributed by atoms with Crippen LogP contribution in [-0.4, -0.2) is 25.6 Å². The van der Waals surface area contributed by atoms with Crippen molar-refractivity contribution in [2.45, 2.75) is 30.1 Å². The molecular formula is C5H10Cl2O3. The van der Waals surface area contributed by atoms with E-state index >= 15 is 0 Å². The highest BCUT2D eigenvalue weighted by Gasteiger charge is 2.45. The Morgan fingerprint density at radius 2 is 1.60 bits per heavy atom. The predicted molar refractivity (Wildman–Crippen MR) is 38.7 cm³/mol. The van der Waals surface area contributed by atoms with E-state index in [1.165, 1.54) is 0 Å². The van der Waals surface area contributed by atoms with Crippen LogP contribution in [0.2, 0.25) is 0 Å². The third-order valence-corrected chi connectivity index (χ3v) is 1.94. The number of rotatable bonds is 3. The first kappa shape index (κ1) is 10.5. The molecule has 3 nitrogen and oxygen atoms in total. The van der Waals surface area contributed by atoms with Crippen molar-refractivity contribution in [2.75, 3.05) is 0 Å². The molecule has 0 rings (SSSR count). The second kappa shape index (κ2) is 3.24. The van der Waals surface area contributed by atoms with Gasteiger partial charge in [-0.15, -0.1) is 0 Å². The largest absolute Gasteiger partial charge is 0.341 e. The van der Waals surface area contributed by atoms with Crippen LogP contribution < -0.4 is 0 Å². The van der Waals surface area contributed by atoms with Gasteiger partial charge in [0.1, 0.15) is 0 Å². The highest BCUT2D eigenvalue weighted by atomic mass is 35.5. The van der Waals surface area contributed by atoms with Gasteiger partial charge in [-0.1, -0.05) is 36.5 Å². The molecule has 0 amide bonds. The average Bonchev–Trinajstić information content (AvgIpc) is 1.61. The van der Waals surface area contributed by atoms with E-state index in [9.17, 15) is 0 Å². The normalized spacial score (nSPS) is 13.8. The molecule has 10 heavy (non-hydrogen) atoms. The first-order valence-electron chi connectivity index (χ1n) is 2.86. The monoisotopic (exact) mass is 188 g/mol. The van der Waals surface area contributed by atoms with Crippen molar-refractivity contribution < 1.29 is 15.3 Å². The lowest BCUT2D eigenvalue weighted by Gasteiger charge is -2.27. The molecule has 0 aliphatic carbocycles. The zero-order valence-corrected chi connectivity index (χ0v) is 7.02. The third-order valence-electron chi connectivity index (χ3n) is 1.05. The predicted octanol–water partition coefficient (Wildman–Crippen LogP) is 0.591. The fraction of sp³-hybridized carbons (Fsp3) is 1.00. The minimum Gasteiger partial charge on any atom is -0.341 e. The van der Waals surface area contributed by atoms with E-state index in [4.69, 9.17) is 38.5 Å². The summed E-state index contributed by atoms with van der Waals surface area (Å²) >= 11 is 10.7. The Kier molecular flexibility index (Phi) is 3.39. The van der Waals surface area contributed by atoms with Crippen molar-refractivity contribution >= 4 is 23.2 Å². The third kappa shape index (κ3) is 2.60. The van der Waals surface area contributed by atoms with Gasteiger partial charge < -0.3 is 15.3 Å². The summed E-state index contributed by atoms with van der Waals surface area (Å²) in [7, 11) is 0. The second-order valence-electron chi connectivity index (χ2n) is 2.09. The smallest absolute Gasteiger partial charge is 0.310 e. The summed E-state index contributed by atoms with van der Waals surface area (Å²) in [5, 5.41) is 25.6. The summed E-state index contributed by atoms with van der Waals surface area (Å²) in [5.41, 5.74) is 0. The van der Waals surface area contributed by atoms with Crippen molar-refractivity contribution in [3.05, 3.63) is 0 Å². The van der Waals surface area contributed by atoms with Gasteiger partial charge in [0.2, 0.25) is 0 Å². The molecule has 0 bridgehead atoms. The number of hydrogen-bond acceptors (Lipinski definition) is 3. The van der Waals surface area contributed by atoms with E-state index in [0.29, 0.717) is 6.42 Å². The molecule has 0 aromatic heterocycles. The van der Waals surface area contributed by atoms with Gasteiger partial charge in [0, 0.05) is 0 Å². The number of halogens is 2. The molecule has 0 spiro atoms. The standard InChI is InChI=1S/C5H10Cl2O3/c1-2-3-4(6,7)5(8,9)10/h8-10H,2-3H2,1H3. The maximum absolute atomic E-state index is 8.52. The summed E-state index contributed by atoms with van der Waals surface area (Å²) in [6.45, 7) is 1.76. The van der Waals surface area contributed by atoms with Gasteiger partial charge in [-0.05, 0) is 6.42 Å². The van der Waals surface area contributed by atoms with E-state index in [2.05, 4.69) is 0 Å². The Balaban J connectivity index is 4.10. The minimum atomic E-state index is -3.02. The number of alkyl halides is 2. The molecule has 0 unspecified atom stereocenters. The lowest BCUT2D eigenvalue weighted by atomic mass is 10.2. The highest BCUT2D eigenvalue weighted by molar-refractivity contribution is 6.49. The van der Waals surface area contributed by atoms with Crippen LogP contribution in [-0.2, 0) is 0 Å². The molecule has 0 atom stereocenters. The molecular weight excluding hydrogens is 179 g/mol. The number of hydrogen-bond donors (Lipinski definition) is 3. The maximum Gasteiger partial charge on any atom is 0.310 e. The van der Waals surface area contributed by atoms with Crippen LogP contribution in [0.4, 0.5) is 0 Å². The van der Waals surface area contributed by atoms with Crippen LogP contribution >= 0.6 is 23.2 Å². The molecule has 0 aliphatic rings. The Hall–Kier alpha value is 0.460. The van der Waals surface area contributed by atoms with Crippen molar-refractivity contribution in [1.29, 1.82) is 0 Å². The SMILES string of the molecule is CCCC(Cl)(Cl)C(O)(O)O. The summed E-state index contributed by atoms with van der Waals surface area (Å²) < 4.78 is -1.90. The van der Waals surface area contributed by atoms with Crippen molar-refractivity contribution in [2.24, 2.45) is 0 Å². The van der Waals surface area contributed by atoms with Crippen LogP contribution in [0.15, 0.2) is 0 Å². The van der Waals surface area contributed by atoms with E-state index in [0.717, 1.165) is 0 Å². The van der Waals surface area contributed by atoms with Crippen molar-refractivity contribution in [3.63, 3.8) is 0 Å². The van der Waals surface area contributed by atoms with Crippen LogP contribution in [0.3, 0.4) is 0 Å². The molecule has 0 radical (unpaired) electrons. The molecule has 0 saturated heterocycles. The molecule has 5 heteroatoms. The molecule has 0 aromatic carbocycles. The quantitative estimate of drug-likeness (QED) is 0.449. The Bertz CT molecular complexity index is 108. The van der Waals surface area contributed by atoms with E-state index in [1.807, 2.05) is 0 Å². The highest BCUT2D eigenvalue weighted by Crippen LogP contribution is 2.34. The van der Waals surface area contributed by atoms with Gasteiger partial charge in [-0.2, -0.15) is 0 Å². The van der Waals surface area contributed by atoms with Gasteiger partial charge in [0.25, 0.3) is 0 Å². The molecule has 0 saturated carbocycles. The van der Waals surface area contributed by atoms with Gasteiger partial charge in [-0.25, -0.2) is 0 Å². The molecule has 0 aromatic rings. The minimum absolute atomic E-state index is 0.111. The van der Waals surface area contributed by atoms with Crippen LogP contribution in [0.5, 0.6) is 0 Å². The molecule has 62 valence electrons. The molecule has 0 aliphatic heterocycles. The first-order valence-corrected chi connectivity index (χ1v) is 3.62. The van der Waals surface area contributed by atoms with Crippen LogP contribution in [0, 0.1) is 0 Å². The molecule has 3 N–H and O–H groups in total. The maximum atomic E-state index is 8.52. The summed E-state index contributed by atoms with van der Waals surface area (Å²) in [6, 6.07) is 0. The van der Waals surface area contributed by atoms with Crippen LogP contribution in [0.1, 0.15) is 19.8 Å². The molecule has 0 heterocycles. The van der Waals surface area contributed by atoms with E-state index < -0.39 is 10.3 Å². The fourth-order valence-corrected chi connectivity index (χ4v) is 0.860. The van der Waals surface area contributed by atoms with Gasteiger partial charge in [0.15, 0.2) is 4.33 Å². The second-order valence-corrected chi connectivity index (χ2v) is 3.57. The van der Waals surface area contributed by atoms with Crippen molar-refractivity contribution in [3.8, 4) is 0 Å². The van der Waals surface area contributed by atoms with E-state index in [1.54, 1.807) is 6.92 Å². The lowest BCUT2D eigenvalue weighted by Crippen LogP contribution is -2.46. The summed E-state index contributed by atoms with van der Waals surface area (Å²) in [6.07, 6.45) is 0.663. The fourth-order valence-electron chi connectivity index (χ4n) is 0.482. The van der Waals surface area contributed by atoms with Gasteiger partial charge in [-0.3, -0.25) is 0 Å². The Morgan fingerprint density at radius 3 is 1.70 bits per heavy atom. The number of aliphatic hydroxyl groups is 3. The Labute approximate surface area is 69.2 Å². The zero-order valence-electron chi connectivity index (χ0n) is 5.51. The molecule has 0 fully saturated rings.